The van der Waals surface area contributed by atoms with Crippen molar-refractivity contribution in [3.8, 4) is 0 Å². The summed E-state index contributed by atoms with van der Waals surface area (Å²) in [5, 5.41) is 1.06. The summed E-state index contributed by atoms with van der Waals surface area (Å²) in [6.07, 6.45) is 8.08. The zero-order valence-corrected chi connectivity index (χ0v) is 13.7. The maximum absolute atomic E-state index is 11.8. The van der Waals surface area contributed by atoms with Gasteiger partial charge in [-0.05, 0) is 32.4 Å². The molecule has 1 saturated heterocycles. The summed E-state index contributed by atoms with van der Waals surface area (Å²) >= 11 is 1.50. The Morgan fingerprint density at radius 2 is 2.00 bits per heavy atom. The second-order valence-corrected chi connectivity index (χ2v) is 6.70. The Morgan fingerprint density at radius 3 is 2.62 bits per heavy atom. The lowest BCUT2D eigenvalue weighted by atomic mass is 10.2. The number of nitrogens with zero attached hydrogens (tertiary/aromatic N) is 2. The predicted octanol–water partition coefficient (Wildman–Crippen LogP) is 2.12. The molecule has 2 heterocycles. The monoisotopic (exact) mass is 310 g/mol. The molecular formula is C15H26N4OS. The number of hydrogen-bond donors (Lipinski definition) is 2. The summed E-state index contributed by atoms with van der Waals surface area (Å²) in [6.45, 7) is 5.54. The Labute approximate surface area is 130 Å². The van der Waals surface area contributed by atoms with Crippen LogP contribution in [0.1, 0.15) is 59.4 Å². The first-order chi connectivity index (χ1) is 10.2. The Kier molecular flexibility index (Phi) is 6.60. The van der Waals surface area contributed by atoms with Crippen molar-refractivity contribution in [1.29, 1.82) is 0 Å². The van der Waals surface area contributed by atoms with Crippen molar-refractivity contribution in [2.45, 2.75) is 51.9 Å². The Balaban J connectivity index is 1.97. The molecule has 0 spiro atoms. The minimum atomic E-state index is -0.211. The molecule has 2 rings (SSSR count). The van der Waals surface area contributed by atoms with Crippen LogP contribution < -0.4 is 11.3 Å². The Bertz CT molecular complexity index is 453. The Hall–Kier alpha value is -0.980. The van der Waals surface area contributed by atoms with Crippen LogP contribution in [0.4, 0.5) is 0 Å². The number of aromatic nitrogens is 1. The molecule has 118 valence electrons. The summed E-state index contributed by atoms with van der Waals surface area (Å²) in [7, 11) is 0. The maximum atomic E-state index is 11.8. The van der Waals surface area contributed by atoms with Crippen LogP contribution in [0, 0.1) is 0 Å². The quantitative estimate of drug-likeness (QED) is 0.480. The van der Waals surface area contributed by atoms with Gasteiger partial charge in [-0.2, -0.15) is 0 Å². The van der Waals surface area contributed by atoms with Crippen molar-refractivity contribution in [3.63, 3.8) is 0 Å². The van der Waals surface area contributed by atoms with E-state index in [0.717, 1.165) is 36.5 Å². The van der Waals surface area contributed by atoms with Crippen LogP contribution >= 0.6 is 11.3 Å². The van der Waals surface area contributed by atoms with Gasteiger partial charge in [-0.1, -0.05) is 26.2 Å². The zero-order chi connectivity index (χ0) is 15.1. The molecule has 1 aromatic heterocycles. The highest BCUT2D eigenvalue weighted by atomic mass is 32.1. The lowest BCUT2D eigenvalue weighted by Gasteiger charge is -2.18. The SMILES string of the molecule is CCCc1nc(CCN2CCCCCC2)sc1C(=O)NN. The number of nitrogen functional groups attached to an aromatic ring is 1. The van der Waals surface area contributed by atoms with Gasteiger partial charge in [0.15, 0.2) is 0 Å². The van der Waals surface area contributed by atoms with Gasteiger partial charge in [-0.3, -0.25) is 10.2 Å². The highest BCUT2D eigenvalue weighted by Crippen LogP contribution is 2.21. The number of thiazole rings is 1. The van der Waals surface area contributed by atoms with E-state index < -0.39 is 0 Å². The largest absolute Gasteiger partial charge is 0.303 e. The summed E-state index contributed by atoms with van der Waals surface area (Å²) < 4.78 is 0. The van der Waals surface area contributed by atoms with E-state index in [4.69, 9.17) is 5.84 Å². The standard InChI is InChI=1S/C15H26N4OS/c1-2-7-12-14(15(20)18-16)21-13(17-12)8-11-19-9-5-3-4-6-10-19/h2-11,16H2,1H3,(H,18,20). The predicted molar refractivity (Wildman–Crippen MR) is 86.4 cm³/mol. The number of carbonyl (C=O) groups excluding carboxylic acids is 1. The van der Waals surface area contributed by atoms with E-state index in [1.165, 1.54) is 50.1 Å². The third-order valence-electron chi connectivity index (χ3n) is 3.91. The highest BCUT2D eigenvalue weighted by Gasteiger charge is 2.17. The topological polar surface area (TPSA) is 71.2 Å². The molecule has 1 aliphatic rings. The van der Waals surface area contributed by atoms with E-state index in [0.29, 0.717) is 4.88 Å². The van der Waals surface area contributed by atoms with Crippen molar-refractivity contribution in [1.82, 2.24) is 15.3 Å². The number of carbonyl (C=O) groups is 1. The normalized spacial score (nSPS) is 16.7. The van der Waals surface area contributed by atoms with Crippen LogP contribution in [0.5, 0.6) is 0 Å². The average molecular weight is 310 g/mol. The first kappa shape index (κ1) is 16.4. The zero-order valence-electron chi connectivity index (χ0n) is 12.9. The molecule has 5 nitrogen and oxygen atoms in total. The fourth-order valence-electron chi connectivity index (χ4n) is 2.77. The maximum Gasteiger partial charge on any atom is 0.277 e. The third-order valence-corrected chi connectivity index (χ3v) is 5.06. The number of likely N-dealkylation sites (tertiary alicyclic amines) is 1. The minimum absolute atomic E-state index is 0.211. The second-order valence-electron chi connectivity index (χ2n) is 5.61. The molecule has 0 saturated carbocycles. The highest BCUT2D eigenvalue weighted by molar-refractivity contribution is 7.13. The summed E-state index contributed by atoms with van der Waals surface area (Å²) in [5.41, 5.74) is 3.13. The van der Waals surface area contributed by atoms with Crippen LogP contribution in [0.2, 0.25) is 0 Å². The fraction of sp³-hybridized carbons (Fsp3) is 0.733. The molecule has 0 aliphatic carbocycles. The second kappa shape index (κ2) is 8.46. The van der Waals surface area contributed by atoms with Gasteiger partial charge in [0, 0.05) is 13.0 Å². The molecule has 0 atom stereocenters. The van der Waals surface area contributed by atoms with Crippen molar-refractivity contribution < 1.29 is 4.79 Å². The van der Waals surface area contributed by atoms with E-state index in [1.807, 2.05) is 0 Å². The molecule has 0 bridgehead atoms. The molecule has 0 aromatic carbocycles. The van der Waals surface area contributed by atoms with Gasteiger partial charge in [0.25, 0.3) is 5.91 Å². The third kappa shape index (κ3) is 4.76. The lowest BCUT2D eigenvalue weighted by Crippen LogP contribution is -2.30. The number of hydrazine groups is 1. The van der Waals surface area contributed by atoms with Crippen LogP contribution in [-0.4, -0.2) is 35.4 Å². The Morgan fingerprint density at radius 1 is 1.29 bits per heavy atom. The number of aryl methyl sites for hydroxylation is 1. The molecule has 6 heteroatoms. The summed E-state index contributed by atoms with van der Waals surface area (Å²) in [4.78, 5) is 19.7. The lowest BCUT2D eigenvalue weighted by molar-refractivity contribution is 0.0956. The minimum Gasteiger partial charge on any atom is -0.303 e. The van der Waals surface area contributed by atoms with Crippen molar-refractivity contribution in [3.05, 3.63) is 15.6 Å². The van der Waals surface area contributed by atoms with Gasteiger partial charge >= 0.3 is 0 Å². The van der Waals surface area contributed by atoms with Crippen LogP contribution in [0.25, 0.3) is 0 Å². The van der Waals surface area contributed by atoms with Gasteiger partial charge < -0.3 is 4.90 Å². The molecule has 1 amide bonds. The van der Waals surface area contributed by atoms with Crippen molar-refractivity contribution in [2.75, 3.05) is 19.6 Å². The molecule has 21 heavy (non-hydrogen) atoms. The van der Waals surface area contributed by atoms with Gasteiger partial charge in [0.05, 0.1) is 10.7 Å². The van der Waals surface area contributed by atoms with Gasteiger partial charge in [-0.25, -0.2) is 10.8 Å². The molecule has 0 radical (unpaired) electrons. The molecular weight excluding hydrogens is 284 g/mol. The average Bonchev–Trinajstić information content (AvgIpc) is 2.72. The van der Waals surface area contributed by atoms with Gasteiger partial charge in [-0.15, -0.1) is 11.3 Å². The molecule has 1 aromatic rings. The molecule has 3 N–H and O–H groups in total. The number of rotatable bonds is 6. The van der Waals surface area contributed by atoms with Gasteiger partial charge in [0.2, 0.25) is 0 Å². The van der Waals surface area contributed by atoms with Crippen LogP contribution in [-0.2, 0) is 12.8 Å². The summed E-state index contributed by atoms with van der Waals surface area (Å²) in [5.74, 6) is 5.05. The first-order valence-electron chi connectivity index (χ1n) is 7.96. The smallest absolute Gasteiger partial charge is 0.277 e. The van der Waals surface area contributed by atoms with Gasteiger partial charge in [0.1, 0.15) is 4.88 Å². The fourth-order valence-corrected chi connectivity index (χ4v) is 3.77. The van der Waals surface area contributed by atoms with E-state index >= 15 is 0 Å². The van der Waals surface area contributed by atoms with Crippen LogP contribution in [0.3, 0.4) is 0 Å². The molecule has 1 fully saturated rings. The van der Waals surface area contributed by atoms with E-state index in [1.54, 1.807) is 0 Å². The number of hydrogen-bond acceptors (Lipinski definition) is 5. The number of nitrogens with one attached hydrogen (secondary N) is 1. The van der Waals surface area contributed by atoms with Crippen molar-refractivity contribution >= 4 is 17.2 Å². The van der Waals surface area contributed by atoms with Crippen molar-refractivity contribution in [2.24, 2.45) is 5.84 Å². The van der Waals surface area contributed by atoms with E-state index in [9.17, 15) is 4.79 Å². The summed E-state index contributed by atoms with van der Waals surface area (Å²) in [6, 6.07) is 0. The van der Waals surface area contributed by atoms with E-state index in [-0.39, 0.29) is 5.91 Å². The number of amides is 1. The first-order valence-corrected chi connectivity index (χ1v) is 8.78. The molecule has 1 aliphatic heterocycles. The molecule has 0 unspecified atom stereocenters. The number of nitrogens with two attached hydrogens (primary N) is 1. The van der Waals surface area contributed by atoms with Crippen LogP contribution in [0.15, 0.2) is 0 Å². The van der Waals surface area contributed by atoms with E-state index in [2.05, 4.69) is 22.2 Å².